The summed E-state index contributed by atoms with van der Waals surface area (Å²) in [5, 5.41) is 4.70. The quantitative estimate of drug-likeness (QED) is 0.787. The molecule has 2 atom stereocenters. The summed E-state index contributed by atoms with van der Waals surface area (Å²) in [7, 11) is 0. The molecule has 0 unspecified atom stereocenters. The van der Waals surface area contributed by atoms with Crippen LogP contribution in [0.4, 0.5) is 0 Å². The summed E-state index contributed by atoms with van der Waals surface area (Å²) < 4.78 is 0. The predicted octanol–water partition coefficient (Wildman–Crippen LogP) is 2.69. The number of amides is 1. The summed E-state index contributed by atoms with van der Waals surface area (Å²) in [6, 6.07) is 8.64. The zero-order chi connectivity index (χ0) is 19.5. The number of unbranched alkanes of at least 4 members (excludes halogenated alkanes) is 1. The van der Waals surface area contributed by atoms with Gasteiger partial charge in [0, 0.05) is 55.4 Å². The number of carbonyl (C=O) groups is 1. The number of piperazine rings is 1. The topological polar surface area (TPSA) is 51.4 Å². The lowest BCUT2D eigenvalue weighted by molar-refractivity contribution is -0.131. The number of nitrogens with zero attached hydrogens (tertiary/aromatic N) is 2. The normalized spacial score (nSPS) is 22.8. The zero-order valence-corrected chi connectivity index (χ0v) is 16.7. The van der Waals surface area contributed by atoms with Crippen molar-refractivity contribution in [2.75, 3.05) is 32.7 Å². The van der Waals surface area contributed by atoms with Gasteiger partial charge >= 0.3 is 0 Å². The summed E-state index contributed by atoms with van der Waals surface area (Å²) in [5.74, 6) is 2.24. The molecular weight excluding hydrogens is 348 g/mol. The van der Waals surface area contributed by atoms with Crippen molar-refractivity contribution in [2.45, 2.75) is 44.7 Å². The maximum absolute atomic E-state index is 12.9. The van der Waals surface area contributed by atoms with Crippen LogP contribution in [0.5, 0.6) is 0 Å². The van der Waals surface area contributed by atoms with Gasteiger partial charge in [-0.3, -0.25) is 9.69 Å². The number of aromatic nitrogens is 1. The van der Waals surface area contributed by atoms with E-state index in [9.17, 15) is 4.79 Å². The maximum atomic E-state index is 12.9. The van der Waals surface area contributed by atoms with E-state index in [-0.39, 0.29) is 18.0 Å². The molecule has 5 nitrogen and oxygen atoms in total. The lowest BCUT2D eigenvalue weighted by Gasteiger charge is -2.43. The second-order valence-electron chi connectivity index (χ2n) is 7.99. The monoisotopic (exact) mass is 378 g/mol. The molecule has 2 aromatic rings. The van der Waals surface area contributed by atoms with E-state index in [1.54, 1.807) is 0 Å². The highest BCUT2D eigenvalue weighted by atomic mass is 16.2. The molecule has 0 spiro atoms. The summed E-state index contributed by atoms with van der Waals surface area (Å²) in [6.07, 6.45) is 9.72. The van der Waals surface area contributed by atoms with Gasteiger partial charge in [0.1, 0.15) is 0 Å². The predicted molar refractivity (Wildman–Crippen MR) is 113 cm³/mol. The Bertz CT molecular complexity index is 874. The largest absolute Gasteiger partial charge is 0.356 e. The molecule has 1 aromatic heterocycles. The van der Waals surface area contributed by atoms with E-state index in [1.165, 1.54) is 16.6 Å². The number of carbonyl (C=O) groups excluding carboxylic acids is 1. The van der Waals surface area contributed by atoms with Crippen LogP contribution >= 0.6 is 0 Å². The number of nitrogens with one attached hydrogen (secondary N) is 2. The van der Waals surface area contributed by atoms with Crippen LogP contribution < -0.4 is 5.32 Å². The second-order valence-corrected chi connectivity index (χ2v) is 7.99. The molecule has 2 N–H and O–H groups in total. The van der Waals surface area contributed by atoms with Gasteiger partial charge in [-0.15, -0.1) is 6.42 Å². The number of fused-ring (bicyclic) bond motifs is 3. The summed E-state index contributed by atoms with van der Waals surface area (Å²) in [6.45, 7) is 7.03. The van der Waals surface area contributed by atoms with Gasteiger partial charge in [-0.2, -0.15) is 0 Å². The first-order chi connectivity index (χ1) is 13.7. The van der Waals surface area contributed by atoms with E-state index in [2.05, 4.69) is 52.3 Å². The minimum atomic E-state index is -0.175. The standard InChI is InChI=1S/C23H30N4O/c1-3-5-8-17-15-19-18-9-6-7-10-20(18)25-23(19)21(27(17)22(28)4-2)16-26-13-11-24-12-14-26/h2,6-7,9-10,17,21,24-25H,3,5,8,11-16H2,1H3/t17-,21-/m0/s1. The second kappa shape index (κ2) is 8.38. The van der Waals surface area contributed by atoms with E-state index in [0.29, 0.717) is 0 Å². The molecular formula is C23H30N4O. The lowest BCUT2D eigenvalue weighted by atomic mass is 9.88. The lowest BCUT2D eigenvalue weighted by Crippen LogP contribution is -2.53. The Morgan fingerprint density at radius 3 is 2.82 bits per heavy atom. The molecule has 0 radical (unpaired) electrons. The Hall–Kier alpha value is -2.29. The van der Waals surface area contributed by atoms with Crippen molar-refractivity contribution in [2.24, 2.45) is 0 Å². The molecule has 1 amide bonds. The number of rotatable bonds is 5. The summed E-state index contributed by atoms with van der Waals surface area (Å²) >= 11 is 0. The van der Waals surface area contributed by atoms with Crippen LogP contribution in [0, 0.1) is 12.3 Å². The van der Waals surface area contributed by atoms with Crippen LogP contribution in [0.3, 0.4) is 0 Å². The van der Waals surface area contributed by atoms with Crippen LogP contribution in [-0.2, 0) is 11.2 Å². The first kappa shape index (κ1) is 19.0. The smallest absolute Gasteiger partial charge is 0.299 e. The average molecular weight is 379 g/mol. The van der Waals surface area contributed by atoms with Crippen LogP contribution in [0.15, 0.2) is 24.3 Å². The van der Waals surface area contributed by atoms with E-state index in [4.69, 9.17) is 6.42 Å². The molecule has 0 aliphatic carbocycles. The van der Waals surface area contributed by atoms with Gasteiger partial charge in [-0.25, -0.2) is 0 Å². The number of terminal acetylenes is 1. The third kappa shape index (κ3) is 3.55. The SMILES string of the molecule is C#CC(=O)N1[C@@H](CCCC)Cc2c([nH]c3ccccc23)[C@@H]1CN1CCNCC1. The molecule has 4 rings (SSSR count). The first-order valence-corrected chi connectivity index (χ1v) is 10.5. The molecule has 28 heavy (non-hydrogen) atoms. The average Bonchev–Trinajstić information content (AvgIpc) is 3.11. The number of aromatic amines is 1. The Morgan fingerprint density at radius 2 is 2.07 bits per heavy atom. The Morgan fingerprint density at radius 1 is 1.29 bits per heavy atom. The van der Waals surface area contributed by atoms with Gasteiger partial charge in [0.2, 0.25) is 0 Å². The van der Waals surface area contributed by atoms with Crippen molar-refractivity contribution in [1.29, 1.82) is 0 Å². The van der Waals surface area contributed by atoms with Crippen LogP contribution in [-0.4, -0.2) is 59.5 Å². The number of benzene rings is 1. The van der Waals surface area contributed by atoms with E-state index in [1.807, 2.05) is 4.90 Å². The van der Waals surface area contributed by atoms with Crippen LogP contribution in [0.25, 0.3) is 10.9 Å². The minimum absolute atomic E-state index is 0.0142. The van der Waals surface area contributed by atoms with Crippen molar-refractivity contribution in [3.05, 3.63) is 35.5 Å². The van der Waals surface area contributed by atoms with Gasteiger partial charge in [-0.05, 0) is 30.4 Å². The maximum Gasteiger partial charge on any atom is 0.299 e. The van der Waals surface area contributed by atoms with Crippen molar-refractivity contribution >= 4 is 16.8 Å². The molecule has 2 aliphatic heterocycles. The van der Waals surface area contributed by atoms with Gasteiger partial charge < -0.3 is 15.2 Å². The number of hydrogen-bond donors (Lipinski definition) is 2. The zero-order valence-electron chi connectivity index (χ0n) is 16.7. The Kier molecular flexibility index (Phi) is 5.70. The van der Waals surface area contributed by atoms with E-state index >= 15 is 0 Å². The van der Waals surface area contributed by atoms with Crippen molar-refractivity contribution in [1.82, 2.24) is 20.1 Å². The third-order valence-electron chi connectivity index (χ3n) is 6.24. The fourth-order valence-corrected chi connectivity index (χ4v) is 4.83. The molecule has 1 fully saturated rings. The molecule has 148 valence electrons. The van der Waals surface area contributed by atoms with Crippen LogP contribution in [0.2, 0.25) is 0 Å². The van der Waals surface area contributed by atoms with Gasteiger partial charge in [0.15, 0.2) is 0 Å². The van der Waals surface area contributed by atoms with Crippen LogP contribution in [0.1, 0.15) is 43.5 Å². The fourth-order valence-electron chi connectivity index (χ4n) is 4.83. The highest BCUT2D eigenvalue weighted by molar-refractivity contribution is 5.94. The van der Waals surface area contributed by atoms with Gasteiger partial charge in [-0.1, -0.05) is 38.0 Å². The highest BCUT2D eigenvalue weighted by Gasteiger charge is 2.39. The Balaban J connectivity index is 1.76. The summed E-state index contributed by atoms with van der Waals surface area (Å²) in [5.41, 5.74) is 3.70. The number of para-hydroxylation sites is 1. The molecule has 2 aliphatic rings. The van der Waals surface area contributed by atoms with Crippen molar-refractivity contribution in [3.8, 4) is 12.3 Å². The van der Waals surface area contributed by atoms with Crippen molar-refractivity contribution < 1.29 is 4.79 Å². The van der Waals surface area contributed by atoms with E-state index in [0.717, 1.165) is 63.9 Å². The van der Waals surface area contributed by atoms with E-state index < -0.39 is 0 Å². The van der Waals surface area contributed by atoms with Gasteiger partial charge in [0.25, 0.3) is 5.91 Å². The highest BCUT2D eigenvalue weighted by Crippen LogP contribution is 2.39. The number of H-pyrrole nitrogens is 1. The third-order valence-corrected chi connectivity index (χ3v) is 6.24. The summed E-state index contributed by atoms with van der Waals surface area (Å²) in [4.78, 5) is 21.0. The van der Waals surface area contributed by atoms with Gasteiger partial charge in [0.05, 0.1) is 6.04 Å². The molecule has 0 saturated carbocycles. The van der Waals surface area contributed by atoms with Crippen molar-refractivity contribution in [3.63, 3.8) is 0 Å². The molecule has 1 aromatic carbocycles. The fraction of sp³-hybridized carbons (Fsp3) is 0.522. The Labute approximate surface area is 167 Å². The minimum Gasteiger partial charge on any atom is -0.356 e. The molecule has 1 saturated heterocycles. The molecule has 0 bridgehead atoms. The number of hydrogen-bond acceptors (Lipinski definition) is 3. The first-order valence-electron chi connectivity index (χ1n) is 10.5. The molecule has 5 heteroatoms. The molecule has 3 heterocycles.